The van der Waals surface area contributed by atoms with Crippen molar-refractivity contribution < 1.29 is 14.0 Å². The Kier molecular flexibility index (Phi) is 3.53. The molecule has 0 aliphatic heterocycles. The first-order chi connectivity index (χ1) is 6.65. The summed E-state index contributed by atoms with van der Waals surface area (Å²) in [6.07, 6.45) is 1.40. The zero-order valence-electron chi connectivity index (χ0n) is 7.46. The average molecular weight is 217 g/mol. The minimum absolute atomic E-state index is 0.167. The Morgan fingerprint density at radius 1 is 1.50 bits per heavy atom. The molecule has 14 heavy (non-hydrogen) atoms. The summed E-state index contributed by atoms with van der Waals surface area (Å²) in [6, 6.07) is 1.65. The number of rotatable bonds is 2. The Labute approximate surface area is 85.4 Å². The molecule has 6 heteroatoms. The SMILES string of the molecule is Cc1ccoc1C(=O)NNC(=O)CCl. The first-order valence-electron chi connectivity index (χ1n) is 3.84. The molecule has 0 saturated carbocycles. The highest BCUT2D eigenvalue weighted by Crippen LogP contribution is 2.07. The summed E-state index contributed by atoms with van der Waals surface area (Å²) in [6.45, 7) is 1.72. The molecule has 0 aromatic carbocycles. The average Bonchev–Trinajstić information content (AvgIpc) is 2.60. The molecule has 0 atom stereocenters. The lowest BCUT2D eigenvalue weighted by atomic mass is 10.3. The highest BCUT2D eigenvalue weighted by atomic mass is 35.5. The molecule has 5 nitrogen and oxygen atoms in total. The van der Waals surface area contributed by atoms with Gasteiger partial charge >= 0.3 is 5.91 Å². The van der Waals surface area contributed by atoms with Crippen molar-refractivity contribution in [3.05, 3.63) is 23.7 Å². The number of nitrogens with one attached hydrogen (secondary N) is 2. The highest BCUT2D eigenvalue weighted by molar-refractivity contribution is 6.27. The lowest BCUT2D eigenvalue weighted by Crippen LogP contribution is -2.42. The van der Waals surface area contributed by atoms with Gasteiger partial charge < -0.3 is 4.42 Å². The first kappa shape index (κ1) is 10.6. The van der Waals surface area contributed by atoms with E-state index in [-0.39, 0.29) is 11.6 Å². The Hall–Kier alpha value is -1.49. The third-order valence-electron chi connectivity index (χ3n) is 1.51. The number of furan rings is 1. The van der Waals surface area contributed by atoms with Crippen molar-refractivity contribution in [2.75, 3.05) is 5.88 Å². The summed E-state index contributed by atoms with van der Waals surface area (Å²) >= 11 is 5.20. The Balaban J connectivity index is 2.52. The van der Waals surface area contributed by atoms with Crippen LogP contribution < -0.4 is 10.9 Å². The molecule has 0 spiro atoms. The fourth-order valence-electron chi connectivity index (χ4n) is 0.822. The molecular weight excluding hydrogens is 208 g/mol. The van der Waals surface area contributed by atoms with Crippen LogP contribution in [0.5, 0.6) is 0 Å². The van der Waals surface area contributed by atoms with Crippen molar-refractivity contribution in [2.24, 2.45) is 0 Å². The molecule has 0 aliphatic rings. The van der Waals surface area contributed by atoms with Crippen molar-refractivity contribution in [3.63, 3.8) is 0 Å². The number of aryl methyl sites for hydroxylation is 1. The van der Waals surface area contributed by atoms with Crippen LogP contribution in [0.25, 0.3) is 0 Å². The van der Waals surface area contributed by atoms with Gasteiger partial charge in [-0.2, -0.15) is 0 Å². The minimum atomic E-state index is -0.508. The fourth-order valence-corrected chi connectivity index (χ4v) is 0.889. The van der Waals surface area contributed by atoms with E-state index in [0.29, 0.717) is 5.56 Å². The smallest absolute Gasteiger partial charge is 0.305 e. The maximum Gasteiger partial charge on any atom is 0.305 e. The summed E-state index contributed by atoms with van der Waals surface area (Å²) in [5, 5.41) is 0. The third-order valence-corrected chi connectivity index (χ3v) is 1.75. The second-order valence-electron chi connectivity index (χ2n) is 2.57. The zero-order valence-corrected chi connectivity index (χ0v) is 8.22. The van der Waals surface area contributed by atoms with E-state index < -0.39 is 11.8 Å². The number of carbonyl (C=O) groups is 2. The lowest BCUT2D eigenvalue weighted by molar-refractivity contribution is -0.119. The van der Waals surface area contributed by atoms with Gasteiger partial charge in [0.15, 0.2) is 5.76 Å². The van der Waals surface area contributed by atoms with Gasteiger partial charge in [0, 0.05) is 5.56 Å². The largest absolute Gasteiger partial charge is 0.459 e. The van der Waals surface area contributed by atoms with Gasteiger partial charge in [-0.3, -0.25) is 20.4 Å². The maximum absolute atomic E-state index is 11.3. The van der Waals surface area contributed by atoms with Gasteiger partial charge in [0.25, 0.3) is 5.91 Å². The molecule has 0 bridgehead atoms. The van der Waals surface area contributed by atoms with E-state index in [9.17, 15) is 9.59 Å². The third kappa shape index (κ3) is 2.50. The van der Waals surface area contributed by atoms with Crippen LogP contribution in [-0.4, -0.2) is 17.7 Å². The quantitative estimate of drug-likeness (QED) is 0.561. The molecular formula is C8H9ClN2O3. The van der Waals surface area contributed by atoms with Gasteiger partial charge in [0.1, 0.15) is 5.88 Å². The molecule has 1 aromatic heterocycles. The molecule has 2 amide bonds. The number of hydrogen-bond donors (Lipinski definition) is 2. The highest BCUT2D eigenvalue weighted by Gasteiger charge is 2.12. The van der Waals surface area contributed by atoms with Gasteiger partial charge in [0.05, 0.1) is 6.26 Å². The number of amides is 2. The second kappa shape index (κ2) is 4.66. The van der Waals surface area contributed by atoms with Gasteiger partial charge in [-0.25, -0.2) is 0 Å². The standard InChI is InChI=1S/C8H9ClN2O3/c1-5-2-3-14-7(5)8(13)11-10-6(12)4-9/h2-3H,4H2,1H3,(H,10,12)(H,11,13). The van der Waals surface area contributed by atoms with Crippen LogP contribution in [0.2, 0.25) is 0 Å². The molecule has 2 N–H and O–H groups in total. The summed E-state index contributed by atoms with van der Waals surface area (Å²) in [5.41, 5.74) is 4.97. The Morgan fingerprint density at radius 3 is 2.71 bits per heavy atom. The molecule has 0 unspecified atom stereocenters. The summed E-state index contributed by atoms with van der Waals surface area (Å²) < 4.78 is 4.90. The van der Waals surface area contributed by atoms with E-state index in [1.54, 1.807) is 13.0 Å². The first-order valence-corrected chi connectivity index (χ1v) is 4.38. The van der Waals surface area contributed by atoms with Crippen molar-refractivity contribution >= 4 is 23.4 Å². The lowest BCUT2D eigenvalue weighted by Gasteiger charge is -2.03. The van der Waals surface area contributed by atoms with Crippen LogP contribution in [-0.2, 0) is 4.79 Å². The number of halogens is 1. The van der Waals surface area contributed by atoms with Gasteiger partial charge in [0.2, 0.25) is 0 Å². The van der Waals surface area contributed by atoms with Crippen LogP contribution in [0.4, 0.5) is 0 Å². The van der Waals surface area contributed by atoms with Crippen molar-refractivity contribution in [1.82, 2.24) is 10.9 Å². The molecule has 76 valence electrons. The minimum Gasteiger partial charge on any atom is -0.459 e. The summed E-state index contributed by atoms with van der Waals surface area (Å²) in [4.78, 5) is 22.0. The Bertz CT molecular complexity index is 348. The van der Waals surface area contributed by atoms with Crippen LogP contribution in [0, 0.1) is 6.92 Å². The molecule has 1 rings (SSSR count). The number of carbonyl (C=O) groups excluding carboxylic acids is 2. The molecule has 1 aromatic rings. The van der Waals surface area contributed by atoms with Crippen LogP contribution >= 0.6 is 11.6 Å². The fraction of sp³-hybridized carbons (Fsp3) is 0.250. The maximum atomic E-state index is 11.3. The summed E-state index contributed by atoms with van der Waals surface area (Å²) in [7, 11) is 0. The topological polar surface area (TPSA) is 71.3 Å². The van der Waals surface area contributed by atoms with Crippen molar-refractivity contribution in [1.29, 1.82) is 0 Å². The molecule has 0 radical (unpaired) electrons. The van der Waals surface area contributed by atoms with Crippen molar-refractivity contribution in [2.45, 2.75) is 6.92 Å². The Morgan fingerprint density at radius 2 is 2.21 bits per heavy atom. The van der Waals surface area contributed by atoms with Gasteiger partial charge in [-0.15, -0.1) is 11.6 Å². The number of hydrazine groups is 1. The van der Waals surface area contributed by atoms with E-state index >= 15 is 0 Å². The van der Waals surface area contributed by atoms with E-state index in [0.717, 1.165) is 0 Å². The predicted molar refractivity (Wildman–Crippen MR) is 49.8 cm³/mol. The van der Waals surface area contributed by atoms with Crippen LogP contribution in [0.1, 0.15) is 16.1 Å². The molecule has 0 aliphatic carbocycles. The van der Waals surface area contributed by atoms with Crippen LogP contribution in [0.3, 0.4) is 0 Å². The van der Waals surface area contributed by atoms with Gasteiger partial charge in [-0.1, -0.05) is 0 Å². The predicted octanol–water partition coefficient (Wildman–Crippen LogP) is 0.588. The van der Waals surface area contributed by atoms with Crippen LogP contribution in [0.15, 0.2) is 16.7 Å². The van der Waals surface area contributed by atoms with E-state index in [1.165, 1.54) is 6.26 Å². The monoisotopic (exact) mass is 216 g/mol. The zero-order chi connectivity index (χ0) is 10.6. The molecule has 0 saturated heterocycles. The second-order valence-corrected chi connectivity index (χ2v) is 2.84. The molecule has 0 fully saturated rings. The normalized spacial score (nSPS) is 9.57. The van der Waals surface area contributed by atoms with E-state index in [4.69, 9.17) is 16.0 Å². The van der Waals surface area contributed by atoms with E-state index in [2.05, 4.69) is 10.9 Å². The number of hydrogen-bond acceptors (Lipinski definition) is 3. The van der Waals surface area contributed by atoms with Crippen molar-refractivity contribution in [3.8, 4) is 0 Å². The van der Waals surface area contributed by atoms with E-state index in [1.807, 2.05) is 0 Å². The molecule has 1 heterocycles. The number of alkyl halides is 1. The summed E-state index contributed by atoms with van der Waals surface area (Å²) in [5.74, 6) is -1.03. The van der Waals surface area contributed by atoms with Gasteiger partial charge in [-0.05, 0) is 13.0 Å².